The molecule has 0 spiro atoms. The van der Waals surface area contributed by atoms with Crippen LogP contribution in [0.4, 0.5) is 8.78 Å². The highest BCUT2D eigenvalue weighted by Gasteiger charge is 2.24. The number of hydrogen-bond acceptors (Lipinski definition) is 2. The summed E-state index contributed by atoms with van der Waals surface area (Å²) in [4.78, 5) is 17.0. The fraction of sp³-hybridized carbons (Fsp3) is 0.303. The van der Waals surface area contributed by atoms with E-state index >= 15 is 0 Å². The Hall–Kier alpha value is -2.34. The molecule has 1 aromatic rings. The van der Waals surface area contributed by atoms with Gasteiger partial charge in [0.25, 0.3) is 0 Å². The van der Waals surface area contributed by atoms with Crippen molar-refractivity contribution in [3.63, 3.8) is 0 Å². The molecule has 0 fully saturated rings. The molecule has 2 rings (SSSR count). The molecular weight excluding hydrogens is 550 g/mol. The summed E-state index contributed by atoms with van der Waals surface area (Å²) in [6.07, 6.45) is 19.1. The molecular formula is C33H38ClF2OS2+. The number of carbonyl (C=O) groups excluding carboxylic acids is 1. The zero-order valence-electron chi connectivity index (χ0n) is 23.2. The molecule has 208 valence electrons. The van der Waals surface area contributed by atoms with Crippen LogP contribution in [-0.2, 0) is 15.7 Å². The number of thioether (sulfide) groups is 1. The van der Waals surface area contributed by atoms with Crippen molar-refractivity contribution >= 4 is 40.0 Å². The van der Waals surface area contributed by atoms with Crippen molar-refractivity contribution in [2.45, 2.75) is 63.7 Å². The van der Waals surface area contributed by atoms with Crippen molar-refractivity contribution in [1.29, 1.82) is 0 Å². The van der Waals surface area contributed by atoms with Gasteiger partial charge in [0.1, 0.15) is 22.3 Å². The molecule has 0 bridgehead atoms. The van der Waals surface area contributed by atoms with Crippen LogP contribution in [0.5, 0.6) is 0 Å². The van der Waals surface area contributed by atoms with Gasteiger partial charge in [-0.15, -0.1) is 11.6 Å². The summed E-state index contributed by atoms with van der Waals surface area (Å²) >= 11 is 8.37. The number of ketones is 1. The van der Waals surface area contributed by atoms with Gasteiger partial charge in [-0.25, -0.2) is 8.78 Å². The van der Waals surface area contributed by atoms with E-state index in [0.29, 0.717) is 30.6 Å². The Balaban J connectivity index is 2.29. The van der Waals surface area contributed by atoms with Crippen LogP contribution < -0.4 is 0 Å². The van der Waals surface area contributed by atoms with Crippen LogP contribution in [0.15, 0.2) is 122 Å². The van der Waals surface area contributed by atoms with Crippen molar-refractivity contribution in [2.75, 3.05) is 5.75 Å². The quantitative estimate of drug-likeness (QED) is 0.0988. The standard InChI is InChI=1S/C33H38ClF2OS2/c1-6-10-24(4)33(37)26-14-21-31(34)32(22-15-26)38-29(8-3)18-13-25(5)39(23-9-12-27(35)11-7-2)30-19-16-28(36)17-20-30/h6,9-13,15-20,22,31H,1,7-8,14,21,23H2,2-5H3/q+1/b12-9-,24-10+,25-13+,27-11+,29-18+. The second-order valence-corrected chi connectivity index (χ2v) is 12.9. The van der Waals surface area contributed by atoms with Gasteiger partial charge < -0.3 is 0 Å². The van der Waals surface area contributed by atoms with E-state index in [1.54, 1.807) is 49.0 Å². The maximum Gasteiger partial charge on any atom is 0.184 e. The topological polar surface area (TPSA) is 17.1 Å². The third kappa shape index (κ3) is 11.0. The smallest absolute Gasteiger partial charge is 0.184 e. The Labute approximate surface area is 245 Å². The van der Waals surface area contributed by atoms with E-state index in [2.05, 4.69) is 32.6 Å². The molecule has 0 aromatic heterocycles. The fourth-order valence-electron chi connectivity index (χ4n) is 3.79. The third-order valence-corrected chi connectivity index (χ3v) is 10.2. The van der Waals surface area contributed by atoms with Crippen LogP contribution >= 0.6 is 23.4 Å². The number of carbonyl (C=O) groups is 1. The van der Waals surface area contributed by atoms with Crippen molar-refractivity contribution in [2.24, 2.45) is 0 Å². The summed E-state index contributed by atoms with van der Waals surface area (Å²) in [5, 5.41) is -0.176. The van der Waals surface area contributed by atoms with Gasteiger partial charge in [0.2, 0.25) is 0 Å². The molecule has 2 atom stereocenters. The highest BCUT2D eigenvalue weighted by molar-refractivity contribution is 8.06. The van der Waals surface area contributed by atoms with Gasteiger partial charge in [0, 0.05) is 11.8 Å². The first-order chi connectivity index (χ1) is 18.7. The lowest BCUT2D eigenvalue weighted by molar-refractivity contribution is -0.112. The van der Waals surface area contributed by atoms with Crippen molar-refractivity contribution in [3.8, 4) is 0 Å². The van der Waals surface area contributed by atoms with E-state index in [9.17, 15) is 13.6 Å². The second kappa shape index (κ2) is 17.4. The molecule has 39 heavy (non-hydrogen) atoms. The summed E-state index contributed by atoms with van der Waals surface area (Å²) in [7, 11) is -0.353. The lowest BCUT2D eigenvalue weighted by Crippen LogP contribution is -2.08. The SMILES string of the molecule is C=C/C=C(\C)C(=O)C1=CC=C(S/C(=C/C=C(\C)[S+](C/C=C\C(F)=C/CC)c2ccc(F)cc2)CC)C(Cl)CC1. The summed E-state index contributed by atoms with van der Waals surface area (Å²) in [6.45, 7) is 11.5. The minimum Gasteiger partial charge on any atom is -0.289 e. The number of hydrogen-bond donors (Lipinski definition) is 0. The first kappa shape index (κ1) is 32.9. The largest absolute Gasteiger partial charge is 0.289 e. The van der Waals surface area contributed by atoms with Crippen molar-refractivity contribution in [3.05, 3.63) is 123 Å². The third-order valence-electron chi connectivity index (χ3n) is 5.97. The molecule has 1 aliphatic rings. The normalized spacial score (nSPS) is 18.5. The first-order valence-electron chi connectivity index (χ1n) is 13.1. The zero-order valence-corrected chi connectivity index (χ0v) is 25.6. The van der Waals surface area contributed by atoms with Gasteiger partial charge in [-0.3, -0.25) is 4.79 Å². The second-order valence-electron chi connectivity index (χ2n) is 8.96. The maximum atomic E-state index is 13.9. The molecule has 0 heterocycles. The van der Waals surface area contributed by atoms with Gasteiger partial charge in [-0.1, -0.05) is 56.5 Å². The number of alkyl halides is 1. The van der Waals surface area contributed by atoms with E-state index < -0.39 is 0 Å². The molecule has 6 heteroatoms. The van der Waals surface area contributed by atoms with Crippen molar-refractivity contribution < 1.29 is 13.6 Å². The first-order valence-corrected chi connectivity index (χ1v) is 15.8. The minimum absolute atomic E-state index is 0.0259. The van der Waals surface area contributed by atoms with Crippen LogP contribution in [0.3, 0.4) is 0 Å². The summed E-state index contributed by atoms with van der Waals surface area (Å²) in [5.74, 6) is 0.124. The van der Waals surface area contributed by atoms with Crippen LogP contribution in [-0.4, -0.2) is 16.9 Å². The van der Waals surface area contributed by atoms with Crippen LogP contribution in [0.2, 0.25) is 0 Å². The Kier molecular flexibility index (Phi) is 14.6. The summed E-state index contributed by atoms with van der Waals surface area (Å²) < 4.78 is 27.5. The molecule has 1 aromatic carbocycles. The van der Waals surface area contributed by atoms with Gasteiger partial charge in [-0.05, 0) is 103 Å². The molecule has 2 unspecified atom stereocenters. The molecule has 1 nitrogen and oxygen atoms in total. The Morgan fingerprint density at radius 1 is 1.15 bits per heavy atom. The number of benzene rings is 1. The van der Waals surface area contributed by atoms with E-state index in [1.807, 2.05) is 25.2 Å². The van der Waals surface area contributed by atoms with Gasteiger partial charge in [0.15, 0.2) is 10.7 Å². The molecule has 0 N–H and O–H groups in total. The van der Waals surface area contributed by atoms with Crippen LogP contribution in [0.25, 0.3) is 0 Å². The molecule has 1 aliphatic carbocycles. The van der Waals surface area contributed by atoms with Crippen LogP contribution in [0.1, 0.15) is 53.4 Å². The average molecular weight is 588 g/mol. The van der Waals surface area contributed by atoms with E-state index in [1.165, 1.54) is 18.2 Å². The fourth-order valence-corrected chi connectivity index (χ4v) is 6.88. The lowest BCUT2D eigenvalue weighted by Gasteiger charge is -2.13. The van der Waals surface area contributed by atoms with E-state index in [4.69, 9.17) is 11.6 Å². The highest BCUT2D eigenvalue weighted by atomic mass is 35.5. The number of halogens is 3. The molecule has 0 aliphatic heterocycles. The number of allylic oxidation sites excluding steroid dienone is 14. The molecule has 0 saturated carbocycles. The summed E-state index contributed by atoms with van der Waals surface area (Å²) in [5.41, 5.74) is 1.42. The highest BCUT2D eigenvalue weighted by Crippen LogP contribution is 2.37. The molecule has 0 saturated heterocycles. The predicted octanol–water partition coefficient (Wildman–Crippen LogP) is 10.5. The summed E-state index contributed by atoms with van der Waals surface area (Å²) in [6, 6.07) is 6.53. The number of rotatable bonds is 13. The Morgan fingerprint density at radius 2 is 1.87 bits per heavy atom. The lowest BCUT2D eigenvalue weighted by atomic mass is 10.0. The minimum atomic E-state index is -0.353. The monoisotopic (exact) mass is 587 g/mol. The van der Waals surface area contributed by atoms with E-state index in [0.717, 1.165) is 31.6 Å². The average Bonchev–Trinajstić information content (AvgIpc) is 3.10. The Morgan fingerprint density at radius 3 is 2.51 bits per heavy atom. The predicted molar refractivity (Wildman–Crippen MR) is 169 cm³/mol. The van der Waals surface area contributed by atoms with E-state index in [-0.39, 0.29) is 33.7 Å². The molecule has 0 amide bonds. The maximum absolute atomic E-state index is 13.9. The van der Waals surface area contributed by atoms with Crippen molar-refractivity contribution in [1.82, 2.24) is 0 Å². The van der Waals surface area contributed by atoms with Gasteiger partial charge in [0.05, 0.1) is 16.3 Å². The molecule has 0 radical (unpaired) electrons. The van der Waals surface area contributed by atoms with Gasteiger partial charge >= 0.3 is 0 Å². The number of Topliss-reactive ketones (excluding diaryl/α,β-unsaturated/α-hetero) is 1. The van der Waals surface area contributed by atoms with Gasteiger partial charge in [-0.2, -0.15) is 0 Å². The van der Waals surface area contributed by atoms with Crippen LogP contribution in [0, 0.1) is 5.82 Å². The Bertz CT molecular complexity index is 1220. The zero-order chi connectivity index (χ0) is 28.8.